The van der Waals surface area contributed by atoms with Gasteiger partial charge < -0.3 is 19.8 Å². The first-order valence-corrected chi connectivity index (χ1v) is 39.9. The van der Waals surface area contributed by atoms with Gasteiger partial charge in [-0.25, -0.2) is 4.57 Å². The van der Waals surface area contributed by atoms with Gasteiger partial charge >= 0.3 is 7.82 Å². The fraction of sp³-hybridized carbons (Fsp3) is 0.987. The maximum absolute atomic E-state index is 13.1. The van der Waals surface area contributed by atoms with Crippen molar-refractivity contribution in [3.05, 3.63) is 0 Å². The van der Waals surface area contributed by atoms with E-state index in [1.807, 2.05) is 21.1 Å². The highest BCUT2D eigenvalue weighted by Gasteiger charge is 2.28. The van der Waals surface area contributed by atoms with E-state index in [0.29, 0.717) is 23.9 Å². The SMILES string of the molecule is CCCCCCCCCCCCCCCCCCCCCCCCCCCCCCCCCCCCCCCCCCC(=O)NC(COP(=O)(O)OCC[N+](C)(C)C)C(O)CCCCCCCCCCCCCCCCCCCCCCCC. The third-order valence-electron chi connectivity index (χ3n) is 18.4. The quantitative estimate of drug-likeness (QED) is 0.0318. The smallest absolute Gasteiger partial charge is 0.391 e. The molecule has 0 bridgehead atoms. The van der Waals surface area contributed by atoms with Crippen LogP contribution in [0.15, 0.2) is 0 Å². The number of aliphatic hydroxyl groups is 1. The Morgan fingerprint density at radius 3 is 0.798 bits per heavy atom. The highest BCUT2D eigenvalue weighted by molar-refractivity contribution is 7.47. The molecular formula is C75H154N2O6P+. The van der Waals surface area contributed by atoms with Gasteiger partial charge in [-0.2, -0.15) is 0 Å². The van der Waals surface area contributed by atoms with E-state index in [1.54, 1.807) is 0 Å². The fourth-order valence-electron chi connectivity index (χ4n) is 12.4. The number of nitrogens with one attached hydrogen (secondary N) is 1. The van der Waals surface area contributed by atoms with Crippen LogP contribution in [0.1, 0.15) is 425 Å². The molecule has 0 saturated carbocycles. The lowest BCUT2D eigenvalue weighted by molar-refractivity contribution is -0.870. The third-order valence-corrected chi connectivity index (χ3v) is 19.3. The summed E-state index contributed by atoms with van der Waals surface area (Å²) >= 11 is 0. The fourth-order valence-corrected chi connectivity index (χ4v) is 13.1. The number of phosphoric acid groups is 1. The van der Waals surface area contributed by atoms with Gasteiger partial charge in [-0.1, -0.05) is 406 Å². The van der Waals surface area contributed by atoms with Gasteiger partial charge in [0.1, 0.15) is 13.2 Å². The zero-order valence-corrected chi connectivity index (χ0v) is 58.8. The molecule has 504 valence electrons. The number of aliphatic hydroxyl groups excluding tert-OH is 1. The Kier molecular flexibility index (Phi) is 66.5. The molecule has 3 unspecified atom stereocenters. The minimum absolute atomic E-state index is 0.0795. The normalized spacial score (nSPS) is 13.5. The first kappa shape index (κ1) is 83.5. The number of carbonyl (C=O) groups is 1. The van der Waals surface area contributed by atoms with Crippen molar-refractivity contribution in [1.82, 2.24) is 5.32 Å². The minimum atomic E-state index is -4.33. The lowest BCUT2D eigenvalue weighted by atomic mass is 10.0. The van der Waals surface area contributed by atoms with Crippen LogP contribution < -0.4 is 5.32 Å². The lowest BCUT2D eigenvalue weighted by Gasteiger charge is -2.26. The highest BCUT2D eigenvalue weighted by Crippen LogP contribution is 2.43. The maximum Gasteiger partial charge on any atom is 0.472 e. The number of hydrogen-bond donors (Lipinski definition) is 3. The number of nitrogens with zero attached hydrogens (tertiary/aromatic N) is 1. The van der Waals surface area contributed by atoms with Crippen LogP contribution in [0.2, 0.25) is 0 Å². The average Bonchev–Trinajstić information content (AvgIpc) is 3.56. The van der Waals surface area contributed by atoms with Gasteiger partial charge in [0.25, 0.3) is 0 Å². The molecule has 0 saturated heterocycles. The molecule has 0 aliphatic heterocycles. The van der Waals surface area contributed by atoms with Crippen LogP contribution in [0.3, 0.4) is 0 Å². The molecule has 0 radical (unpaired) electrons. The molecule has 0 aromatic rings. The standard InChI is InChI=1S/C75H153N2O6P/c1-6-8-10-12-14-16-18-20-22-24-26-28-30-31-32-33-34-35-36-37-38-39-40-41-42-43-44-45-46-47-49-51-53-55-57-59-61-63-65-67-69-75(79)76-73(72-83-84(80,81)82-71-70-77(3,4)5)74(78)68-66-64-62-60-58-56-54-52-50-48-29-27-25-23-21-19-17-15-13-11-9-7-2/h73-74,78H,6-72H2,1-5H3,(H-,76,79,80,81)/p+1. The molecule has 0 rings (SSSR count). The molecule has 0 aliphatic carbocycles. The Balaban J connectivity index is 3.84. The summed E-state index contributed by atoms with van der Waals surface area (Å²) in [7, 11) is 1.64. The minimum Gasteiger partial charge on any atom is -0.391 e. The Morgan fingerprint density at radius 1 is 0.357 bits per heavy atom. The van der Waals surface area contributed by atoms with Gasteiger partial charge in [-0.3, -0.25) is 13.8 Å². The van der Waals surface area contributed by atoms with Crippen LogP contribution in [0.4, 0.5) is 0 Å². The predicted molar refractivity (Wildman–Crippen MR) is 369 cm³/mol. The van der Waals surface area contributed by atoms with E-state index < -0.39 is 20.0 Å². The highest BCUT2D eigenvalue weighted by atomic mass is 31.2. The van der Waals surface area contributed by atoms with Gasteiger partial charge in [0.15, 0.2) is 0 Å². The number of phosphoric ester groups is 1. The number of amides is 1. The van der Waals surface area contributed by atoms with Crippen molar-refractivity contribution >= 4 is 13.7 Å². The summed E-state index contributed by atoms with van der Waals surface area (Å²) in [6.07, 6.45) is 85.4. The van der Waals surface area contributed by atoms with Gasteiger partial charge in [0.05, 0.1) is 39.9 Å². The summed E-state index contributed by atoms with van der Waals surface area (Å²) in [5.41, 5.74) is 0. The molecule has 0 aromatic heterocycles. The molecule has 0 fully saturated rings. The topological polar surface area (TPSA) is 105 Å². The first-order chi connectivity index (χ1) is 41.0. The largest absolute Gasteiger partial charge is 0.472 e. The van der Waals surface area contributed by atoms with Crippen molar-refractivity contribution in [1.29, 1.82) is 0 Å². The average molecular weight is 1210 g/mol. The van der Waals surface area contributed by atoms with Crippen LogP contribution >= 0.6 is 7.82 Å². The number of quaternary nitrogens is 1. The van der Waals surface area contributed by atoms with Crippen LogP contribution in [-0.4, -0.2) is 73.4 Å². The van der Waals surface area contributed by atoms with E-state index in [0.717, 1.165) is 38.5 Å². The molecule has 0 spiro atoms. The second-order valence-electron chi connectivity index (χ2n) is 28.1. The van der Waals surface area contributed by atoms with Gasteiger partial charge in [-0.05, 0) is 12.8 Å². The van der Waals surface area contributed by atoms with Crippen molar-refractivity contribution in [2.45, 2.75) is 437 Å². The lowest BCUT2D eigenvalue weighted by Crippen LogP contribution is -2.46. The van der Waals surface area contributed by atoms with Crippen molar-refractivity contribution in [3.8, 4) is 0 Å². The number of rotatable bonds is 73. The van der Waals surface area contributed by atoms with Crippen LogP contribution in [-0.2, 0) is 18.4 Å². The number of hydrogen-bond acceptors (Lipinski definition) is 5. The van der Waals surface area contributed by atoms with Crippen molar-refractivity contribution < 1.29 is 32.9 Å². The zero-order valence-electron chi connectivity index (χ0n) is 58.0. The number of carbonyl (C=O) groups excluding carboxylic acids is 1. The summed E-state index contributed by atoms with van der Waals surface area (Å²) < 4.78 is 23.9. The second kappa shape index (κ2) is 66.9. The molecule has 0 heterocycles. The van der Waals surface area contributed by atoms with E-state index in [2.05, 4.69) is 19.2 Å². The van der Waals surface area contributed by atoms with Crippen molar-refractivity contribution in [3.63, 3.8) is 0 Å². The first-order valence-electron chi connectivity index (χ1n) is 38.4. The molecule has 0 aromatic carbocycles. The molecule has 3 atom stereocenters. The Labute approximate surface area is 527 Å². The summed E-state index contributed by atoms with van der Waals surface area (Å²) in [5, 5.41) is 14.2. The Morgan fingerprint density at radius 2 is 0.571 bits per heavy atom. The molecular weight excluding hydrogens is 1060 g/mol. The Bertz CT molecular complexity index is 1330. The Hall–Kier alpha value is -0.500. The zero-order chi connectivity index (χ0) is 61.2. The van der Waals surface area contributed by atoms with Gasteiger partial charge in [0.2, 0.25) is 5.91 Å². The van der Waals surface area contributed by atoms with Crippen LogP contribution in [0.25, 0.3) is 0 Å². The predicted octanol–water partition coefficient (Wildman–Crippen LogP) is 24.7. The van der Waals surface area contributed by atoms with Crippen molar-refractivity contribution in [2.24, 2.45) is 0 Å². The number of likely N-dealkylation sites (N-methyl/N-ethyl adjacent to an activating group) is 1. The summed E-state index contributed by atoms with van der Waals surface area (Å²) in [4.78, 5) is 23.5. The molecule has 8 nitrogen and oxygen atoms in total. The van der Waals surface area contributed by atoms with Gasteiger partial charge in [0, 0.05) is 6.42 Å². The molecule has 9 heteroatoms. The summed E-state index contributed by atoms with van der Waals surface area (Å²) in [5.74, 6) is -0.132. The van der Waals surface area contributed by atoms with E-state index in [1.165, 1.54) is 360 Å². The van der Waals surface area contributed by atoms with Gasteiger partial charge in [-0.15, -0.1) is 0 Å². The molecule has 1 amide bonds. The molecule has 84 heavy (non-hydrogen) atoms. The van der Waals surface area contributed by atoms with Crippen molar-refractivity contribution in [2.75, 3.05) is 40.9 Å². The second-order valence-corrected chi connectivity index (χ2v) is 29.6. The maximum atomic E-state index is 13.1. The van der Waals surface area contributed by atoms with Crippen LogP contribution in [0.5, 0.6) is 0 Å². The monoisotopic (exact) mass is 1210 g/mol. The van der Waals surface area contributed by atoms with E-state index in [9.17, 15) is 19.4 Å². The van der Waals surface area contributed by atoms with Crippen LogP contribution in [0, 0.1) is 0 Å². The molecule has 3 N–H and O–H groups in total. The number of unbranched alkanes of at least 4 members (excludes halogenated alkanes) is 60. The summed E-state index contributed by atoms with van der Waals surface area (Å²) in [6.45, 7) is 4.97. The molecule has 0 aliphatic rings. The van der Waals surface area contributed by atoms with E-state index in [4.69, 9.17) is 9.05 Å². The van der Waals surface area contributed by atoms with E-state index in [-0.39, 0.29) is 19.1 Å². The van der Waals surface area contributed by atoms with E-state index >= 15 is 0 Å². The summed E-state index contributed by atoms with van der Waals surface area (Å²) in [6, 6.07) is -0.757. The third kappa shape index (κ3) is 69.0.